The van der Waals surface area contributed by atoms with Gasteiger partial charge in [0, 0.05) is 6.54 Å². The molecule has 0 spiro atoms. The van der Waals surface area contributed by atoms with Crippen LogP contribution in [0.2, 0.25) is 0 Å². The summed E-state index contributed by atoms with van der Waals surface area (Å²) in [7, 11) is 0. The molecule has 6 heteroatoms. The molecule has 0 aliphatic carbocycles. The van der Waals surface area contributed by atoms with Crippen LogP contribution in [0.4, 0.5) is 4.39 Å². The van der Waals surface area contributed by atoms with Gasteiger partial charge in [-0.3, -0.25) is 4.79 Å². The second-order valence-corrected chi connectivity index (χ2v) is 5.86. The first-order valence-corrected chi connectivity index (χ1v) is 7.62. The fourth-order valence-electron chi connectivity index (χ4n) is 3.01. The molecule has 1 aromatic carbocycles. The minimum absolute atomic E-state index is 0.167. The molecule has 1 aromatic heterocycles. The molecule has 1 aliphatic heterocycles. The zero-order valence-electron chi connectivity index (χ0n) is 13.1. The van der Waals surface area contributed by atoms with E-state index < -0.39 is 12.1 Å². The number of aromatic nitrogens is 1. The third kappa shape index (κ3) is 2.99. The molecule has 3 rings (SSSR count). The van der Waals surface area contributed by atoms with Crippen molar-refractivity contribution in [3.05, 3.63) is 64.7 Å². The highest BCUT2D eigenvalue weighted by Gasteiger charge is 2.36. The van der Waals surface area contributed by atoms with E-state index >= 15 is 0 Å². The molecule has 0 unspecified atom stereocenters. The number of likely N-dealkylation sites (tertiary alicyclic amines) is 1. The van der Waals surface area contributed by atoms with Crippen LogP contribution in [-0.4, -0.2) is 33.5 Å². The Labute approximate surface area is 139 Å². The van der Waals surface area contributed by atoms with E-state index in [0.29, 0.717) is 23.2 Å². The van der Waals surface area contributed by atoms with Crippen molar-refractivity contribution in [1.29, 1.82) is 5.26 Å². The minimum atomic E-state index is -0.665. The minimum Gasteiger partial charge on any atom is -0.391 e. The van der Waals surface area contributed by atoms with Crippen LogP contribution in [0, 0.1) is 24.1 Å². The van der Waals surface area contributed by atoms with Crippen molar-refractivity contribution < 1.29 is 14.3 Å². The molecule has 1 aliphatic rings. The average molecular weight is 325 g/mol. The summed E-state index contributed by atoms with van der Waals surface area (Å²) in [6, 6.07) is 10.7. The Bertz CT molecular complexity index is 831. The SMILES string of the molecule is Cc1nc(C(=O)N2C[C@@H](O)C[C@@H]2c2cccc(F)c2)ccc1C#N. The van der Waals surface area contributed by atoms with E-state index in [9.17, 15) is 14.3 Å². The average Bonchev–Trinajstić information content (AvgIpc) is 2.96. The molecule has 1 fully saturated rings. The number of amides is 1. The van der Waals surface area contributed by atoms with E-state index in [4.69, 9.17) is 5.26 Å². The number of pyridine rings is 1. The predicted molar refractivity (Wildman–Crippen MR) is 84.5 cm³/mol. The first-order valence-electron chi connectivity index (χ1n) is 7.62. The van der Waals surface area contributed by atoms with Gasteiger partial charge in [0.15, 0.2) is 0 Å². The molecule has 1 N–H and O–H groups in total. The van der Waals surface area contributed by atoms with E-state index in [2.05, 4.69) is 4.98 Å². The van der Waals surface area contributed by atoms with Gasteiger partial charge < -0.3 is 10.0 Å². The Morgan fingerprint density at radius 2 is 2.21 bits per heavy atom. The fourth-order valence-corrected chi connectivity index (χ4v) is 3.01. The van der Waals surface area contributed by atoms with Gasteiger partial charge in [-0.2, -0.15) is 5.26 Å². The Morgan fingerprint density at radius 1 is 1.42 bits per heavy atom. The maximum absolute atomic E-state index is 13.5. The van der Waals surface area contributed by atoms with Crippen LogP contribution in [0.15, 0.2) is 36.4 Å². The lowest BCUT2D eigenvalue weighted by molar-refractivity contribution is 0.0709. The molecule has 2 aromatic rings. The summed E-state index contributed by atoms with van der Waals surface area (Å²) in [6.45, 7) is 1.83. The summed E-state index contributed by atoms with van der Waals surface area (Å²) >= 11 is 0. The second kappa shape index (κ2) is 6.38. The molecular formula is C18H16FN3O2. The summed E-state index contributed by atoms with van der Waals surface area (Å²) in [5.41, 5.74) is 1.74. The Balaban J connectivity index is 1.93. The van der Waals surface area contributed by atoms with Crippen molar-refractivity contribution in [3.8, 4) is 6.07 Å². The number of β-amino-alcohol motifs (C(OH)–C–C–N with tert-alkyl or cyclic N) is 1. The van der Waals surface area contributed by atoms with Crippen LogP contribution in [0.1, 0.15) is 39.8 Å². The Morgan fingerprint density at radius 3 is 2.88 bits per heavy atom. The lowest BCUT2D eigenvalue weighted by atomic mass is 10.0. The van der Waals surface area contributed by atoms with Gasteiger partial charge in [0.05, 0.1) is 23.4 Å². The largest absolute Gasteiger partial charge is 0.391 e. The van der Waals surface area contributed by atoms with Gasteiger partial charge >= 0.3 is 0 Å². The number of benzene rings is 1. The molecule has 1 saturated heterocycles. The number of nitrogens with zero attached hydrogens (tertiary/aromatic N) is 3. The lowest BCUT2D eigenvalue weighted by Gasteiger charge is -2.24. The third-order valence-corrected chi connectivity index (χ3v) is 4.20. The van der Waals surface area contributed by atoms with Crippen LogP contribution < -0.4 is 0 Å². The van der Waals surface area contributed by atoms with Gasteiger partial charge in [0.1, 0.15) is 17.6 Å². The van der Waals surface area contributed by atoms with E-state index in [0.717, 1.165) is 0 Å². The highest BCUT2D eigenvalue weighted by atomic mass is 19.1. The van der Waals surface area contributed by atoms with Gasteiger partial charge in [0.25, 0.3) is 5.91 Å². The Kier molecular flexibility index (Phi) is 4.28. The van der Waals surface area contributed by atoms with E-state index in [1.54, 1.807) is 25.1 Å². The summed E-state index contributed by atoms with van der Waals surface area (Å²) in [4.78, 5) is 18.5. The molecule has 24 heavy (non-hydrogen) atoms. The number of hydrogen-bond acceptors (Lipinski definition) is 4. The van der Waals surface area contributed by atoms with Crippen LogP contribution >= 0.6 is 0 Å². The molecule has 0 radical (unpaired) electrons. The van der Waals surface area contributed by atoms with Gasteiger partial charge in [-0.05, 0) is 43.2 Å². The highest BCUT2D eigenvalue weighted by molar-refractivity contribution is 5.93. The van der Waals surface area contributed by atoms with E-state index in [-0.39, 0.29) is 24.0 Å². The number of hydrogen-bond donors (Lipinski definition) is 1. The molecule has 0 bridgehead atoms. The molecular weight excluding hydrogens is 309 g/mol. The molecule has 0 saturated carbocycles. The molecule has 122 valence electrons. The number of carbonyl (C=O) groups is 1. The van der Waals surface area contributed by atoms with Crippen molar-refractivity contribution in [1.82, 2.24) is 9.88 Å². The summed E-state index contributed by atoms with van der Waals surface area (Å²) in [5.74, 6) is -0.720. The highest BCUT2D eigenvalue weighted by Crippen LogP contribution is 2.33. The van der Waals surface area contributed by atoms with Crippen LogP contribution in [0.5, 0.6) is 0 Å². The van der Waals surface area contributed by atoms with Crippen molar-refractivity contribution in [2.45, 2.75) is 25.5 Å². The fraction of sp³-hybridized carbons (Fsp3) is 0.278. The predicted octanol–water partition coefficient (Wildman–Crippen LogP) is 2.35. The zero-order chi connectivity index (χ0) is 17.3. The quantitative estimate of drug-likeness (QED) is 0.919. The summed E-state index contributed by atoms with van der Waals surface area (Å²) < 4.78 is 13.5. The van der Waals surface area contributed by atoms with Crippen molar-refractivity contribution >= 4 is 5.91 Å². The van der Waals surface area contributed by atoms with Gasteiger partial charge in [-0.1, -0.05) is 12.1 Å². The van der Waals surface area contributed by atoms with Crippen LogP contribution in [-0.2, 0) is 0 Å². The number of aliphatic hydroxyl groups excluding tert-OH is 1. The van der Waals surface area contributed by atoms with Crippen molar-refractivity contribution in [2.75, 3.05) is 6.54 Å². The zero-order valence-corrected chi connectivity index (χ0v) is 13.1. The van der Waals surface area contributed by atoms with E-state index in [1.807, 2.05) is 6.07 Å². The van der Waals surface area contributed by atoms with Crippen LogP contribution in [0.3, 0.4) is 0 Å². The first kappa shape index (κ1) is 16.1. The van der Waals surface area contributed by atoms with Gasteiger partial charge in [0.2, 0.25) is 0 Å². The normalized spacial score (nSPS) is 20.0. The van der Waals surface area contributed by atoms with E-state index in [1.165, 1.54) is 23.1 Å². The third-order valence-electron chi connectivity index (χ3n) is 4.20. The van der Waals surface area contributed by atoms with Crippen LogP contribution in [0.25, 0.3) is 0 Å². The number of aliphatic hydroxyl groups is 1. The van der Waals surface area contributed by atoms with Crippen molar-refractivity contribution in [3.63, 3.8) is 0 Å². The van der Waals surface area contributed by atoms with Gasteiger partial charge in [-0.25, -0.2) is 9.37 Å². The summed E-state index contributed by atoms with van der Waals surface area (Å²) in [5, 5.41) is 18.9. The molecule has 2 atom stereocenters. The maximum atomic E-state index is 13.5. The topological polar surface area (TPSA) is 77.2 Å². The molecule has 5 nitrogen and oxygen atoms in total. The number of rotatable bonds is 2. The number of carbonyl (C=O) groups excluding carboxylic acids is 1. The molecule has 1 amide bonds. The first-order chi connectivity index (χ1) is 11.5. The maximum Gasteiger partial charge on any atom is 0.273 e. The number of aryl methyl sites for hydroxylation is 1. The molecule has 2 heterocycles. The number of halogens is 1. The lowest BCUT2D eigenvalue weighted by Crippen LogP contribution is -2.32. The monoisotopic (exact) mass is 325 g/mol. The second-order valence-electron chi connectivity index (χ2n) is 5.86. The number of nitriles is 1. The standard InChI is InChI=1S/C18H16FN3O2/c1-11-13(9-20)5-6-16(21-11)18(24)22-10-15(23)8-17(22)12-3-2-4-14(19)7-12/h2-7,15,17,23H,8,10H2,1H3/t15-,17+/m0/s1. The smallest absolute Gasteiger partial charge is 0.273 e. The summed E-state index contributed by atoms with van der Waals surface area (Å²) in [6.07, 6.45) is -0.313. The Hall–Kier alpha value is -2.78. The van der Waals surface area contributed by atoms with Crippen molar-refractivity contribution in [2.24, 2.45) is 0 Å². The van der Waals surface area contributed by atoms with Gasteiger partial charge in [-0.15, -0.1) is 0 Å².